The first-order chi connectivity index (χ1) is 7.34. The van der Waals surface area contributed by atoms with Gasteiger partial charge in [-0.2, -0.15) is 13.2 Å². The van der Waals surface area contributed by atoms with E-state index in [-0.39, 0.29) is 11.9 Å². The van der Waals surface area contributed by atoms with Crippen molar-refractivity contribution in [3.8, 4) is 0 Å². The Bertz CT molecular complexity index is 356. The van der Waals surface area contributed by atoms with Crippen molar-refractivity contribution in [2.75, 3.05) is 0 Å². The zero-order chi connectivity index (χ0) is 12.0. The zero-order valence-electron chi connectivity index (χ0n) is 8.51. The van der Waals surface area contributed by atoms with Crippen LogP contribution in [0.1, 0.15) is 19.3 Å². The number of nitrogens with zero attached hydrogens (tertiary/aromatic N) is 1. The fourth-order valence-corrected chi connectivity index (χ4v) is 2.02. The maximum atomic E-state index is 12.8. The average Bonchev–Trinajstić information content (AvgIpc) is 1.95. The molecule has 2 aliphatic rings. The molecule has 1 unspecified atom stereocenters. The van der Waals surface area contributed by atoms with Crippen LogP contribution in [0.3, 0.4) is 0 Å². The zero-order valence-corrected chi connectivity index (χ0v) is 8.51. The second-order valence-corrected chi connectivity index (χ2v) is 4.15. The van der Waals surface area contributed by atoms with Crippen LogP contribution in [-0.4, -0.2) is 17.8 Å². The summed E-state index contributed by atoms with van der Waals surface area (Å²) in [4.78, 5) is 3.76. The first kappa shape index (κ1) is 11.3. The molecule has 1 heterocycles. The van der Waals surface area contributed by atoms with Crippen LogP contribution in [0, 0.1) is 5.92 Å². The molecule has 0 amide bonds. The quantitative estimate of drug-likeness (QED) is 0.628. The molecule has 0 aromatic carbocycles. The van der Waals surface area contributed by atoms with Gasteiger partial charge in [-0.15, -0.1) is 0 Å². The lowest BCUT2D eigenvalue weighted by molar-refractivity contribution is -0.106. The predicted molar refractivity (Wildman–Crippen MR) is 53.2 cm³/mol. The van der Waals surface area contributed by atoms with Crippen molar-refractivity contribution in [2.24, 2.45) is 22.4 Å². The van der Waals surface area contributed by atoms with Gasteiger partial charge in [0.15, 0.2) is 5.96 Å². The number of hydrogen-bond acceptors (Lipinski definition) is 4. The number of hydrogen-bond donors (Lipinski definition) is 3. The van der Waals surface area contributed by atoms with E-state index in [4.69, 9.17) is 11.5 Å². The van der Waals surface area contributed by atoms with E-state index in [9.17, 15) is 13.2 Å². The maximum absolute atomic E-state index is 12.8. The van der Waals surface area contributed by atoms with Crippen molar-refractivity contribution in [1.29, 1.82) is 0 Å². The van der Waals surface area contributed by atoms with Gasteiger partial charge in [0.25, 0.3) is 0 Å². The fraction of sp³-hybridized carbons (Fsp3) is 0.667. The van der Waals surface area contributed by atoms with Crippen molar-refractivity contribution in [3.63, 3.8) is 0 Å². The highest BCUT2D eigenvalue weighted by molar-refractivity contribution is 5.81. The van der Waals surface area contributed by atoms with Crippen LogP contribution in [0.4, 0.5) is 13.2 Å². The van der Waals surface area contributed by atoms with Gasteiger partial charge in [-0.3, -0.25) is 0 Å². The standard InChI is InChI=1S/C9H13F3N4/c10-9(11,12)6-4-15-7(13)16-8(6,14)5-2-1-3-5/h4-5H,1-3,14H2,(H3,13,15,16). The maximum Gasteiger partial charge on any atom is 0.417 e. The molecule has 0 radical (unpaired) electrons. The number of nitrogens with two attached hydrogens (primary N) is 2. The molecule has 1 saturated carbocycles. The van der Waals surface area contributed by atoms with Gasteiger partial charge in [0.05, 0.1) is 5.57 Å². The molecule has 0 spiro atoms. The average molecular weight is 234 g/mol. The Hall–Kier alpha value is -1.24. The molecule has 1 atom stereocenters. The lowest BCUT2D eigenvalue weighted by Gasteiger charge is -2.43. The van der Waals surface area contributed by atoms with E-state index in [1.807, 2.05) is 0 Å². The summed E-state index contributed by atoms with van der Waals surface area (Å²) in [5, 5.41) is 2.26. The molecule has 1 fully saturated rings. The fourth-order valence-electron chi connectivity index (χ4n) is 2.02. The molecule has 16 heavy (non-hydrogen) atoms. The molecular weight excluding hydrogens is 221 g/mol. The molecule has 2 rings (SSSR count). The summed E-state index contributed by atoms with van der Waals surface area (Å²) in [6.07, 6.45) is -1.47. The lowest BCUT2D eigenvalue weighted by atomic mass is 9.72. The first-order valence-electron chi connectivity index (χ1n) is 5.02. The summed E-state index contributed by atoms with van der Waals surface area (Å²) in [5.41, 5.74) is 8.60. The van der Waals surface area contributed by atoms with Crippen LogP contribution in [0.2, 0.25) is 0 Å². The molecular formula is C9H13F3N4. The van der Waals surface area contributed by atoms with Gasteiger partial charge >= 0.3 is 6.18 Å². The van der Waals surface area contributed by atoms with Gasteiger partial charge in [-0.25, -0.2) is 4.99 Å². The Morgan fingerprint density at radius 2 is 2.06 bits per heavy atom. The van der Waals surface area contributed by atoms with E-state index in [2.05, 4.69) is 10.3 Å². The molecule has 0 bridgehead atoms. The van der Waals surface area contributed by atoms with Crippen molar-refractivity contribution in [3.05, 3.63) is 11.8 Å². The Balaban J connectivity index is 2.36. The third-order valence-corrected chi connectivity index (χ3v) is 3.13. The van der Waals surface area contributed by atoms with Crippen LogP contribution in [0.25, 0.3) is 0 Å². The Morgan fingerprint density at radius 3 is 2.50 bits per heavy atom. The second kappa shape index (κ2) is 3.38. The predicted octanol–water partition coefficient (Wildman–Crippen LogP) is 0.806. The number of halogens is 3. The number of alkyl halides is 3. The molecule has 1 aliphatic carbocycles. The van der Waals surface area contributed by atoms with Gasteiger partial charge in [0.1, 0.15) is 5.66 Å². The smallest absolute Gasteiger partial charge is 0.370 e. The largest absolute Gasteiger partial charge is 0.417 e. The minimum Gasteiger partial charge on any atom is -0.370 e. The molecule has 0 saturated heterocycles. The van der Waals surface area contributed by atoms with Crippen LogP contribution in [-0.2, 0) is 0 Å². The molecule has 0 aromatic rings. The topological polar surface area (TPSA) is 76.4 Å². The number of aliphatic imine (C=N–C) groups is 1. The summed E-state index contributed by atoms with van der Waals surface area (Å²) in [7, 11) is 0. The highest BCUT2D eigenvalue weighted by Gasteiger charge is 2.53. The van der Waals surface area contributed by atoms with Gasteiger partial charge in [-0.1, -0.05) is 6.42 Å². The monoisotopic (exact) mass is 234 g/mol. The van der Waals surface area contributed by atoms with Gasteiger partial charge in [0.2, 0.25) is 0 Å². The van der Waals surface area contributed by atoms with E-state index in [1.54, 1.807) is 0 Å². The summed E-state index contributed by atoms with van der Waals surface area (Å²) in [6.45, 7) is 0. The second-order valence-electron chi connectivity index (χ2n) is 4.15. The van der Waals surface area contributed by atoms with E-state index >= 15 is 0 Å². The van der Waals surface area contributed by atoms with E-state index < -0.39 is 17.4 Å². The molecule has 1 aliphatic heterocycles. The molecule has 5 N–H and O–H groups in total. The van der Waals surface area contributed by atoms with E-state index in [0.29, 0.717) is 12.8 Å². The number of rotatable bonds is 1. The molecule has 4 nitrogen and oxygen atoms in total. The number of guanidine groups is 1. The lowest BCUT2D eigenvalue weighted by Crippen LogP contribution is -2.57. The van der Waals surface area contributed by atoms with Crippen LogP contribution < -0.4 is 16.8 Å². The Morgan fingerprint density at radius 1 is 1.44 bits per heavy atom. The van der Waals surface area contributed by atoms with E-state index in [1.165, 1.54) is 0 Å². The van der Waals surface area contributed by atoms with Crippen molar-refractivity contribution in [1.82, 2.24) is 5.32 Å². The third kappa shape index (κ3) is 1.64. The summed E-state index contributed by atoms with van der Waals surface area (Å²) < 4.78 is 38.4. The van der Waals surface area contributed by atoms with Gasteiger partial charge in [-0.05, 0) is 12.8 Å². The summed E-state index contributed by atoms with van der Waals surface area (Å²) >= 11 is 0. The Kier molecular flexibility index (Phi) is 2.37. The highest BCUT2D eigenvalue weighted by atomic mass is 19.4. The van der Waals surface area contributed by atoms with Crippen molar-refractivity contribution in [2.45, 2.75) is 31.1 Å². The van der Waals surface area contributed by atoms with Crippen LogP contribution in [0.5, 0.6) is 0 Å². The molecule has 90 valence electrons. The normalized spacial score (nSPS) is 31.2. The number of nitrogens with one attached hydrogen (secondary N) is 1. The third-order valence-electron chi connectivity index (χ3n) is 3.13. The van der Waals surface area contributed by atoms with E-state index in [0.717, 1.165) is 12.6 Å². The minimum atomic E-state index is -4.48. The molecule has 0 aromatic heterocycles. The van der Waals surface area contributed by atoms with Crippen LogP contribution >= 0.6 is 0 Å². The highest BCUT2D eigenvalue weighted by Crippen LogP contribution is 2.45. The Labute approximate surface area is 90.6 Å². The molecule has 7 heteroatoms. The van der Waals surface area contributed by atoms with Crippen LogP contribution in [0.15, 0.2) is 16.8 Å². The SMILES string of the molecule is NC1=NC(N)(C2CCC2)C(C(F)(F)F)=CN1. The van der Waals surface area contributed by atoms with Crippen molar-refractivity contribution < 1.29 is 13.2 Å². The summed E-state index contributed by atoms with van der Waals surface area (Å²) in [5.74, 6) is -0.344. The summed E-state index contributed by atoms with van der Waals surface area (Å²) in [6, 6.07) is 0. The minimum absolute atomic E-state index is 0.0672. The first-order valence-corrected chi connectivity index (χ1v) is 5.02. The van der Waals surface area contributed by atoms with Gasteiger partial charge < -0.3 is 16.8 Å². The van der Waals surface area contributed by atoms with Crippen molar-refractivity contribution >= 4 is 5.96 Å². The van der Waals surface area contributed by atoms with Gasteiger partial charge in [0, 0.05) is 12.1 Å².